The highest BCUT2D eigenvalue weighted by Gasteiger charge is 2.11. The van der Waals surface area contributed by atoms with Crippen molar-refractivity contribution >= 4 is 34.7 Å². The molecular weight excluding hydrogens is 299 g/mol. The molecule has 0 aliphatic carbocycles. The summed E-state index contributed by atoms with van der Waals surface area (Å²) < 4.78 is 5.61. The third kappa shape index (κ3) is 3.65. The first kappa shape index (κ1) is 14.7. The normalized spacial score (nSPS) is 10.7. The summed E-state index contributed by atoms with van der Waals surface area (Å²) >= 11 is 12.1. The van der Waals surface area contributed by atoms with E-state index < -0.39 is 0 Å². The van der Waals surface area contributed by atoms with Crippen LogP contribution in [0.25, 0.3) is 0 Å². The van der Waals surface area contributed by atoms with Crippen LogP contribution in [0.15, 0.2) is 24.5 Å². The van der Waals surface area contributed by atoms with E-state index in [4.69, 9.17) is 33.7 Å². The molecule has 0 aliphatic heterocycles. The maximum absolute atomic E-state index is 6.06. The highest BCUT2D eigenvalue weighted by Crippen LogP contribution is 2.37. The minimum Gasteiger partial charge on any atom is -0.436 e. The molecule has 106 valence electrons. The summed E-state index contributed by atoms with van der Waals surface area (Å²) in [7, 11) is 0. The second-order valence-electron chi connectivity index (χ2n) is 4.46. The monoisotopic (exact) mass is 312 g/mol. The molecule has 0 unspecified atom stereocenters. The second kappa shape index (κ2) is 6.15. The van der Waals surface area contributed by atoms with E-state index in [2.05, 4.69) is 15.3 Å². The Morgan fingerprint density at radius 3 is 2.40 bits per heavy atom. The van der Waals surface area contributed by atoms with Crippen LogP contribution in [0.1, 0.15) is 13.8 Å². The first-order valence-corrected chi connectivity index (χ1v) is 6.72. The molecule has 0 atom stereocenters. The van der Waals surface area contributed by atoms with Crippen LogP contribution >= 0.6 is 23.2 Å². The summed E-state index contributed by atoms with van der Waals surface area (Å²) in [4.78, 5) is 8.12. The standard InChI is InChI=1S/C13H14Cl2N4O/c1-7(2)19-11-5-12(18-6-17-11)20-13-9(14)3-8(16)4-10(13)15/h3-7H,16H2,1-2H3,(H,17,18,19). The Bertz CT molecular complexity index is 596. The van der Waals surface area contributed by atoms with E-state index in [-0.39, 0.29) is 6.04 Å². The molecule has 1 aromatic heterocycles. The van der Waals surface area contributed by atoms with Crippen LogP contribution in [0.5, 0.6) is 11.6 Å². The number of hydrogen-bond acceptors (Lipinski definition) is 5. The van der Waals surface area contributed by atoms with Gasteiger partial charge in [-0.2, -0.15) is 0 Å². The minimum atomic E-state index is 0.251. The first-order chi connectivity index (χ1) is 9.45. The van der Waals surface area contributed by atoms with Gasteiger partial charge in [0.1, 0.15) is 12.1 Å². The Hall–Kier alpha value is -1.72. The average molecular weight is 313 g/mol. The fourth-order valence-electron chi connectivity index (χ4n) is 1.55. The number of nitrogens with one attached hydrogen (secondary N) is 1. The van der Waals surface area contributed by atoms with Crippen molar-refractivity contribution in [2.75, 3.05) is 11.1 Å². The maximum atomic E-state index is 6.06. The molecule has 20 heavy (non-hydrogen) atoms. The molecule has 2 aromatic rings. The van der Waals surface area contributed by atoms with Crippen molar-refractivity contribution in [3.05, 3.63) is 34.6 Å². The van der Waals surface area contributed by atoms with Crippen LogP contribution in [-0.4, -0.2) is 16.0 Å². The Labute approximate surface area is 127 Å². The maximum Gasteiger partial charge on any atom is 0.224 e. The van der Waals surface area contributed by atoms with Crippen LogP contribution in [0.2, 0.25) is 10.0 Å². The number of ether oxygens (including phenoxy) is 1. The van der Waals surface area contributed by atoms with E-state index in [1.165, 1.54) is 6.33 Å². The van der Waals surface area contributed by atoms with Gasteiger partial charge in [0.15, 0.2) is 5.75 Å². The first-order valence-electron chi connectivity index (χ1n) is 5.96. The van der Waals surface area contributed by atoms with Gasteiger partial charge >= 0.3 is 0 Å². The van der Waals surface area contributed by atoms with Gasteiger partial charge in [-0.05, 0) is 26.0 Å². The topological polar surface area (TPSA) is 73.1 Å². The number of rotatable bonds is 4. The molecule has 1 heterocycles. The number of benzene rings is 1. The van der Waals surface area contributed by atoms with Crippen LogP contribution in [-0.2, 0) is 0 Å². The third-order valence-corrected chi connectivity index (χ3v) is 2.87. The van der Waals surface area contributed by atoms with Crippen molar-refractivity contribution in [3.8, 4) is 11.6 Å². The van der Waals surface area contributed by atoms with Crippen molar-refractivity contribution < 1.29 is 4.74 Å². The molecule has 1 aromatic carbocycles. The minimum absolute atomic E-state index is 0.251. The van der Waals surface area contributed by atoms with Crippen molar-refractivity contribution in [2.45, 2.75) is 19.9 Å². The van der Waals surface area contributed by atoms with Gasteiger partial charge in [-0.3, -0.25) is 0 Å². The molecule has 0 aliphatic rings. The zero-order chi connectivity index (χ0) is 14.7. The molecule has 0 radical (unpaired) electrons. The van der Waals surface area contributed by atoms with Crippen molar-refractivity contribution in [3.63, 3.8) is 0 Å². The molecule has 0 fully saturated rings. The molecule has 0 saturated carbocycles. The molecule has 3 N–H and O–H groups in total. The Kier molecular flexibility index (Phi) is 4.52. The number of halogens is 2. The Morgan fingerprint density at radius 1 is 1.15 bits per heavy atom. The number of hydrogen-bond donors (Lipinski definition) is 2. The van der Waals surface area contributed by atoms with Gasteiger partial charge in [0.25, 0.3) is 0 Å². The SMILES string of the molecule is CC(C)Nc1cc(Oc2c(Cl)cc(N)cc2Cl)ncn1. The lowest BCUT2D eigenvalue weighted by atomic mass is 10.3. The lowest BCUT2D eigenvalue weighted by Gasteiger charge is -2.12. The molecule has 0 saturated heterocycles. The third-order valence-electron chi connectivity index (χ3n) is 2.31. The van der Waals surface area contributed by atoms with Crippen molar-refractivity contribution in [1.29, 1.82) is 0 Å². The molecule has 0 bridgehead atoms. The van der Waals surface area contributed by atoms with Crippen LogP contribution in [0, 0.1) is 0 Å². The predicted molar refractivity (Wildman–Crippen MR) is 81.7 cm³/mol. The van der Waals surface area contributed by atoms with Crippen molar-refractivity contribution in [2.24, 2.45) is 0 Å². The average Bonchev–Trinajstić information content (AvgIpc) is 2.33. The Morgan fingerprint density at radius 2 is 1.80 bits per heavy atom. The molecule has 0 amide bonds. The van der Waals surface area contributed by atoms with Gasteiger partial charge in [-0.15, -0.1) is 0 Å². The number of nitrogens with two attached hydrogens (primary N) is 1. The summed E-state index contributed by atoms with van der Waals surface area (Å²) in [5, 5.41) is 3.80. The molecule has 7 heteroatoms. The largest absolute Gasteiger partial charge is 0.436 e. The zero-order valence-electron chi connectivity index (χ0n) is 11.0. The summed E-state index contributed by atoms with van der Waals surface area (Å²) in [5.74, 6) is 1.32. The van der Waals surface area contributed by atoms with E-state index in [1.54, 1.807) is 18.2 Å². The highest BCUT2D eigenvalue weighted by atomic mass is 35.5. The van der Waals surface area contributed by atoms with Gasteiger partial charge in [0.05, 0.1) is 10.0 Å². The predicted octanol–water partition coefficient (Wildman–Crippen LogP) is 3.98. The second-order valence-corrected chi connectivity index (χ2v) is 5.27. The molecule has 5 nitrogen and oxygen atoms in total. The fourth-order valence-corrected chi connectivity index (χ4v) is 2.13. The zero-order valence-corrected chi connectivity index (χ0v) is 12.5. The molecule has 0 spiro atoms. The number of nitrogens with zero attached hydrogens (tertiary/aromatic N) is 2. The summed E-state index contributed by atoms with van der Waals surface area (Å²) in [5.41, 5.74) is 6.11. The van der Waals surface area contributed by atoms with Crippen LogP contribution < -0.4 is 15.8 Å². The number of aromatic nitrogens is 2. The fraction of sp³-hybridized carbons (Fsp3) is 0.231. The van der Waals surface area contributed by atoms with Gasteiger partial charge in [-0.25, -0.2) is 9.97 Å². The van der Waals surface area contributed by atoms with Gasteiger partial charge < -0.3 is 15.8 Å². The van der Waals surface area contributed by atoms with Gasteiger partial charge in [0.2, 0.25) is 5.88 Å². The summed E-state index contributed by atoms with van der Waals surface area (Å²) in [6.07, 6.45) is 1.40. The van der Waals surface area contributed by atoms with Crippen molar-refractivity contribution in [1.82, 2.24) is 9.97 Å². The summed E-state index contributed by atoms with van der Waals surface area (Å²) in [6.45, 7) is 4.02. The summed E-state index contributed by atoms with van der Waals surface area (Å²) in [6, 6.07) is 5.05. The lowest BCUT2D eigenvalue weighted by molar-refractivity contribution is 0.462. The van der Waals surface area contributed by atoms with Crippen LogP contribution in [0.4, 0.5) is 11.5 Å². The molecule has 2 rings (SSSR count). The Balaban J connectivity index is 2.26. The van der Waals surface area contributed by atoms with E-state index in [9.17, 15) is 0 Å². The molecular formula is C13H14Cl2N4O. The van der Waals surface area contributed by atoms with Crippen LogP contribution in [0.3, 0.4) is 0 Å². The lowest BCUT2D eigenvalue weighted by Crippen LogP contribution is -2.11. The van der Waals surface area contributed by atoms with E-state index in [0.29, 0.717) is 33.2 Å². The number of nitrogen functional groups attached to an aromatic ring is 1. The van der Waals surface area contributed by atoms with E-state index in [0.717, 1.165) is 0 Å². The van der Waals surface area contributed by atoms with Gasteiger partial charge in [0, 0.05) is 17.8 Å². The van der Waals surface area contributed by atoms with Gasteiger partial charge in [-0.1, -0.05) is 23.2 Å². The smallest absolute Gasteiger partial charge is 0.224 e. The van der Waals surface area contributed by atoms with E-state index in [1.807, 2.05) is 13.8 Å². The highest BCUT2D eigenvalue weighted by molar-refractivity contribution is 6.37. The van der Waals surface area contributed by atoms with E-state index >= 15 is 0 Å². The quantitative estimate of drug-likeness (QED) is 0.835. The number of anilines is 2.